The number of carbonyl (C=O) groups is 1. The van der Waals surface area contributed by atoms with Crippen molar-refractivity contribution in [1.29, 1.82) is 0 Å². The fourth-order valence-corrected chi connectivity index (χ4v) is 2.44. The molecule has 0 saturated carbocycles. The number of amides is 1. The summed E-state index contributed by atoms with van der Waals surface area (Å²) in [5, 5.41) is 16.2. The minimum atomic E-state index is -0.124. The number of aromatic nitrogens is 2. The van der Waals surface area contributed by atoms with Crippen LogP contribution in [0.1, 0.15) is 36.5 Å². The lowest BCUT2D eigenvalue weighted by molar-refractivity contribution is 0.0943. The van der Waals surface area contributed by atoms with Gasteiger partial charge in [-0.2, -0.15) is 5.10 Å². The van der Waals surface area contributed by atoms with Crippen LogP contribution in [0.3, 0.4) is 0 Å². The van der Waals surface area contributed by atoms with E-state index in [1.165, 1.54) is 0 Å². The van der Waals surface area contributed by atoms with E-state index in [4.69, 9.17) is 5.11 Å². The molecule has 0 aliphatic heterocycles. The Labute approximate surface area is 131 Å². The van der Waals surface area contributed by atoms with Crippen molar-refractivity contribution in [3.63, 3.8) is 0 Å². The number of aliphatic hydroxyl groups is 1. The Balaban J connectivity index is 1.94. The highest BCUT2D eigenvalue weighted by Crippen LogP contribution is 2.11. The molecule has 0 saturated heterocycles. The summed E-state index contributed by atoms with van der Waals surface area (Å²) in [5.74, 6) is 0.198. The van der Waals surface area contributed by atoms with Gasteiger partial charge in [-0.25, -0.2) is 4.68 Å². The molecule has 2 aromatic rings. The molecule has 1 amide bonds. The number of carbonyl (C=O) groups excluding carboxylic acids is 1. The number of hydrogen-bond acceptors (Lipinski definition) is 3. The van der Waals surface area contributed by atoms with E-state index in [0.717, 1.165) is 24.9 Å². The summed E-state index contributed by atoms with van der Waals surface area (Å²) in [5.41, 5.74) is 1.47. The van der Waals surface area contributed by atoms with E-state index in [1.807, 2.05) is 30.3 Å². The van der Waals surface area contributed by atoms with E-state index in [1.54, 1.807) is 17.1 Å². The molecule has 22 heavy (non-hydrogen) atoms. The number of aliphatic hydroxyl groups excluding tert-OH is 1. The average Bonchev–Trinajstić information content (AvgIpc) is 3.04. The van der Waals surface area contributed by atoms with Gasteiger partial charge in [0.2, 0.25) is 0 Å². The van der Waals surface area contributed by atoms with Crippen molar-refractivity contribution in [3.8, 4) is 5.69 Å². The van der Waals surface area contributed by atoms with Crippen LogP contribution < -0.4 is 5.32 Å². The lowest BCUT2D eigenvalue weighted by Gasteiger charge is -2.15. The Kier molecular flexibility index (Phi) is 6.15. The minimum Gasteiger partial charge on any atom is -0.396 e. The predicted molar refractivity (Wildman–Crippen MR) is 86.0 cm³/mol. The lowest BCUT2D eigenvalue weighted by atomic mass is 10.0. The van der Waals surface area contributed by atoms with Crippen LogP contribution >= 0.6 is 0 Å². The third-order valence-electron chi connectivity index (χ3n) is 3.65. The van der Waals surface area contributed by atoms with Crippen LogP contribution in [0.25, 0.3) is 5.69 Å². The van der Waals surface area contributed by atoms with Crippen LogP contribution in [0.15, 0.2) is 42.7 Å². The molecular formula is C17H23N3O2. The SMILES string of the molecule is CCCC(CCO)CNC(=O)c1cnn(-c2ccccc2)c1. The third kappa shape index (κ3) is 4.43. The van der Waals surface area contributed by atoms with Gasteiger partial charge < -0.3 is 10.4 Å². The minimum absolute atomic E-state index is 0.124. The lowest BCUT2D eigenvalue weighted by Crippen LogP contribution is -2.29. The topological polar surface area (TPSA) is 67.2 Å². The highest BCUT2D eigenvalue weighted by molar-refractivity contribution is 5.93. The van der Waals surface area contributed by atoms with E-state index in [2.05, 4.69) is 17.3 Å². The number of rotatable bonds is 8. The molecule has 1 aromatic carbocycles. The Morgan fingerprint density at radius 2 is 2.09 bits per heavy atom. The van der Waals surface area contributed by atoms with Gasteiger partial charge in [-0.3, -0.25) is 4.79 Å². The van der Waals surface area contributed by atoms with Gasteiger partial charge in [-0.15, -0.1) is 0 Å². The van der Waals surface area contributed by atoms with E-state index in [-0.39, 0.29) is 12.5 Å². The van der Waals surface area contributed by atoms with Crippen LogP contribution in [0.5, 0.6) is 0 Å². The maximum absolute atomic E-state index is 12.2. The highest BCUT2D eigenvalue weighted by Gasteiger charge is 2.12. The summed E-state index contributed by atoms with van der Waals surface area (Å²) in [6.45, 7) is 2.85. The van der Waals surface area contributed by atoms with E-state index in [9.17, 15) is 4.79 Å². The van der Waals surface area contributed by atoms with Crippen molar-refractivity contribution >= 4 is 5.91 Å². The van der Waals surface area contributed by atoms with Crippen molar-refractivity contribution < 1.29 is 9.90 Å². The van der Waals surface area contributed by atoms with Gasteiger partial charge in [0.25, 0.3) is 5.91 Å². The molecule has 0 bridgehead atoms. The van der Waals surface area contributed by atoms with Crippen molar-refractivity contribution in [3.05, 3.63) is 48.3 Å². The highest BCUT2D eigenvalue weighted by atomic mass is 16.3. The van der Waals surface area contributed by atoms with Crippen LogP contribution in [0.2, 0.25) is 0 Å². The zero-order valence-electron chi connectivity index (χ0n) is 12.9. The van der Waals surface area contributed by atoms with Gasteiger partial charge in [-0.1, -0.05) is 31.5 Å². The fourth-order valence-electron chi connectivity index (χ4n) is 2.44. The van der Waals surface area contributed by atoms with Crippen molar-refractivity contribution in [2.24, 2.45) is 5.92 Å². The fraction of sp³-hybridized carbons (Fsp3) is 0.412. The molecule has 1 atom stereocenters. The Bertz CT molecular complexity index is 575. The van der Waals surface area contributed by atoms with E-state index in [0.29, 0.717) is 18.0 Å². The summed E-state index contributed by atoms with van der Waals surface area (Å²) in [7, 11) is 0. The second kappa shape index (κ2) is 8.34. The van der Waals surface area contributed by atoms with Crippen LogP contribution in [-0.4, -0.2) is 33.9 Å². The summed E-state index contributed by atoms with van der Waals surface area (Å²) in [6, 6.07) is 9.68. The molecule has 1 heterocycles. The summed E-state index contributed by atoms with van der Waals surface area (Å²) >= 11 is 0. The van der Waals surface area contributed by atoms with Crippen LogP contribution in [0.4, 0.5) is 0 Å². The molecule has 5 heteroatoms. The van der Waals surface area contributed by atoms with E-state index < -0.39 is 0 Å². The summed E-state index contributed by atoms with van der Waals surface area (Å²) in [4.78, 5) is 12.2. The molecule has 0 aliphatic rings. The molecular weight excluding hydrogens is 278 g/mol. The van der Waals surface area contributed by atoms with Gasteiger partial charge in [0, 0.05) is 19.3 Å². The molecule has 2 rings (SSSR count). The van der Waals surface area contributed by atoms with Crippen molar-refractivity contribution in [2.45, 2.75) is 26.2 Å². The largest absolute Gasteiger partial charge is 0.396 e. The maximum Gasteiger partial charge on any atom is 0.254 e. The third-order valence-corrected chi connectivity index (χ3v) is 3.65. The maximum atomic E-state index is 12.2. The second-order valence-electron chi connectivity index (χ2n) is 5.39. The first kappa shape index (κ1) is 16.2. The molecule has 2 N–H and O–H groups in total. The Morgan fingerprint density at radius 3 is 2.77 bits per heavy atom. The standard InChI is InChI=1S/C17H23N3O2/c1-2-6-14(9-10-21)11-18-17(22)15-12-19-20(13-15)16-7-4-3-5-8-16/h3-5,7-8,12-14,21H,2,6,9-11H2,1H3,(H,18,22). The zero-order chi connectivity index (χ0) is 15.8. The normalized spacial score (nSPS) is 12.1. The molecule has 0 aliphatic carbocycles. The molecule has 5 nitrogen and oxygen atoms in total. The van der Waals surface area contributed by atoms with Gasteiger partial charge in [0.05, 0.1) is 17.4 Å². The van der Waals surface area contributed by atoms with Gasteiger partial charge >= 0.3 is 0 Å². The van der Waals surface area contributed by atoms with Crippen LogP contribution in [0, 0.1) is 5.92 Å². The molecule has 1 unspecified atom stereocenters. The first-order valence-electron chi connectivity index (χ1n) is 7.73. The molecule has 0 radical (unpaired) electrons. The summed E-state index contributed by atoms with van der Waals surface area (Å²) < 4.78 is 1.69. The second-order valence-corrected chi connectivity index (χ2v) is 5.39. The summed E-state index contributed by atoms with van der Waals surface area (Å²) in [6.07, 6.45) is 6.07. The average molecular weight is 301 g/mol. The van der Waals surface area contributed by atoms with Crippen molar-refractivity contribution in [2.75, 3.05) is 13.2 Å². The monoisotopic (exact) mass is 301 g/mol. The first-order chi connectivity index (χ1) is 10.7. The van der Waals surface area contributed by atoms with Gasteiger partial charge in [0.1, 0.15) is 0 Å². The number of nitrogens with zero attached hydrogens (tertiary/aromatic N) is 2. The zero-order valence-corrected chi connectivity index (χ0v) is 12.9. The Morgan fingerprint density at radius 1 is 1.32 bits per heavy atom. The molecule has 1 aromatic heterocycles. The number of hydrogen-bond donors (Lipinski definition) is 2. The quantitative estimate of drug-likeness (QED) is 0.787. The van der Waals surface area contributed by atoms with Gasteiger partial charge in [-0.05, 0) is 30.9 Å². The first-order valence-corrected chi connectivity index (χ1v) is 7.73. The number of benzene rings is 1. The van der Waals surface area contributed by atoms with E-state index >= 15 is 0 Å². The molecule has 0 spiro atoms. The van der Waals surface area contributed by atoms with Crippen LogP contribution in [-0.2, 0) is 0 Å². The van der Waals surface area contributed by atoms with Gasteiger partial charge in [0.15, 0.2) is 0 Å². The number of nitrogens with one attached hydrogen (secondary N) is 1. The molecule has 0 fully saturated rings. The Hall–Kier alpha value is -2.14. The number of para-hydroxylation sites is 1. The predicted octanol–water partition coefficient (Wildman–Crippen LogP) is 2.40. The smallest absolute Gasteiger partial charge is 0.254 e. The molecule has 118 valence electrons. The van der Waals surface area contributed by atoms with Crippen molar-refractivity contribution in [1.82, 2.24) is 15.1 Å².